The molecule has 0 unspecified atom stereocenters. The first-order valence-electron chi connectivity index (χ1n) is 10.6. The minimum Gasteiger partial charge on any atom is -0.508 e. The Morgan fingerprint density at radius 3 is 2.21 bits per heavy atom. The third-order valence-corrected chi connectivity index (χ3v) is 6.06. The summed E-state index contributed by atoms with van der Waals surface area (Å²) >= 11 is 0. The van der Waals surface area contributed by atoms with E-state index in [0.29, 0.717) is 12.8 Å². The first-order chi connectivity index (χ1) is 13.3. The van der Waals surface area contributed by atoms with Crippen LogP contribution in [0.2, 0.25) is 0 Å². The zero-order chi connectivity index (χ0) is 22.0. The molecule has 5 nitrogen and oxygen atoms in total. The number of hydroxylamine groups is 2. The average Bonchev–Trinajstić information content (AvgIpc) is 2.60. The van der Waals surface area contributed by atoms with Crippen molar-refractivity contribution in [3.8, 4) is 5.75 Å². The minimum absolute atomic E-state index is 0.00219. The van der Waals surface area contributed by atoms with Gasteiger partial charge in [-0.25, -0.2) is 0 Å². The number of aromatic hydroxyl groups is 1. The number of carbonyl (C=O) groups is 1. The SMILES string of the molecule is C/C(=C\[C@@H](C)Cc1ccc(O)cc1)[C@H](C)C(=O)NC1CC(C)(C)N([O])C(C)(C)C1. The second-order valence-electron chi connectivity index (χ2n) is 10.0. The van der Waals surface area contributed by atoms with Gasteiger partial charge >= 0.3 is 0 Å². The second-order valence-corrected chi connectivity index (χ2v) is 10.0. The maximum atomic E-state index is 12.9. The third kappa shape index (κ3) is 6.06. The molecule has 2 N–H and O–H groups in total. The Labute approximate surface area is 175 Å². The number of amides is 1. The fraction of sp³-hybridized carbons (Fsp3) is 0.625. The third-order valence-electron chi connectivity index (χ3n) is 6.06. The molecule has 0 aromatic heterocycles. The highest BCUT2D eigenvalue weighted by molar-refractivity contribution is 5.81. The highest BCUT2D eigenvalue weighted by Crippen LogP contribution is 2.37. The number of nitrogens with one attached hydrogen (secondary N) is 1. The topological polar surface area (TPSA) is 72.5 Å². The molecule has 1 radical (unpaired) electrons. The maximum absolute atomic E-state index is 12.9. The van der Waals surface area contributed by atoms with Crippen molar-refractivity contribution in [3.05, 3.63) is 41.5 Å². The van der Waals surface area contributed by atoms with Crippen molar-refractivity contribution in [2.45, 2.75) is 84.8 Å². The molecular formula is C24H37N2O3. The first-order valence-corrected chi connectivity index (χ1v) is 10.6. The lowest BCUT2D eigenvalue weighted by Crippen LogP contribution is -2.62. The van der Waals surface area contributed by atoms with E-state index in [1.54, 1.807) is 12.1 Å². The van der Waals surface area contributed by atoms with Crippen molar-refractivity contribution in [1.29, 1.82) is 0 Å². The van der Waals surface area contributed by atoms with E-state index in [1.807, 2.05) is 53.7 Å². The Morgan fingerprint density at radius 2 is 1.69 bits per heavy atom. The first kappa shape index (κ1) is 23.4. The number of rotatable bonds is 6. The molecule has 29 heavy (non-hydrogen) atoms. The van der Waals surface area contributed by atoms with Gasteiger partial charge in [0.2, 0.25) is 5.91 Å². The maximum Gasteiger partial charge on any atom is 0.227 e. The molecule has 1 aromatic rings. The normalized spacial score (nSPS) is 22.1. The van der Waals surface area contributed by atoms with Crippen LogP contribution in [0, 0.1) is 11.8 Å². The summed E-state index contributed by atoms with van der Waals surface area (Å²) in [6.07, 6.45) is 4.32. The highest BCUT2D eigenvalue weighted by atomic mass is 16.5. The van der Waals surface area contributed by atoms with Crippen LogP contribution < -0.4 is 5.32 Å². The van der Waals surface area contributed by atoms with Gasteiger partial charge in [0.25, 0.3) is 0 Å². The van der Waals surface area contributed by atoms with Gasteiger partial charge in [0.15, 0.2) is 0 Å². The lowest BCUT2D eigenvalue weighted by atomic mass is 9.78. The van der Waals surface area contributed by atoms with Gasteiger partial charge in [-0.1, -0.05) is 30.7 Å². The summed E-state index contributed by atoms with van der Waals surface area (Å²) < 4.78 is 0. The Bertz CT molecular complexity index is 719. The van der Waals surface area contributed by atoms with Crippen molar-refractivity contribution in [2.75, 3.05) is 0 Å². The Morgan fingerprint density at radius 1 is 1.17 bits per heavy atom. The predicted octanol–water partition coefficient (Wildman–Crippen LogP) is 4.64. The Balaban J connectivity index is 1.97. The van der Waals surface area contributed by atoms with Crippen LogP contribution in [-0.4, -0.2) is 33.2 Å². The molecule has 1 amide bonds. The van der Waals surface area contributed by atoms with Gasteiger partial charge < -0.3 is 10.4 Å². The van der Waals surface area contributed by atoms with Crippen LogP contribution >= 0.6 is 0 Å². The van der Waals surface area contributed by atoms with Crippen LogP contribution in [0.5, 0.6) is 5.75 Å². The van der Waals surface area contributed by atoms with Crippen LogP contribution in [0.15, 0.2) is 35.9 Å². The fourth-order valence-corrected chi connectivity index (χ4v) is 4.55. The lowest BCUT2D eigenvalue weighted by molar-refractivity contribution is -0.290. The largest absolute Gasteiger partial charge is 0.508 e. The molecule has 1 aliphatic heterocycles. The molecule has 1 fully saturated rings. The zero-order valence-corrected chi connectivity index (χ0v) is 19.0. The molecule has 1 aliphatic rings. The molecular weight excluding hydrogens is 364 g/mol. The van der Waals surface area contributed by atoms with Crippen LogP contribution in [0.25, 0.3) is 0 Å². The summed E-state index contributed by atoms with van der Waals surface area (Å²) in [5.41, 5.74) is 1.22. The number of allylic oxidation sites excluding steroid dienone is 1. The highest BCUT2D eigenvalue weighted by Gasteiger charge is 2.46. The molecule has 2 rings (SSSR count). The fourth-order valence-electron chi connectivity index (χ4n) is 4.55. The Kier molecular flexibility index (Phi) is 7.18. The van der Waals surface area contributed by atoms with Gasteiger partial charge in [-0.05, 0) is 84.4 Å². The van der Waals surface area contributed by atoms with Crippen molar-refractivity contribution in [1.82, 2.24) is 10.4 Å². The van der Waals surface area contributed by atoms with Crippen LogP contribution in [0.3, 0.4) is 0 Å². The van der Waals surface area contributed by atoms with Gasteiger partial charge in [0, 0.05) is 17.1 Å². The molecule has 0 aliphatic carbocycles. The van der Waals surface area contributed by atoms with E-state index in [2.05, 4.69) is 18.3 Å². The number of nitrogens with zero attached hydrogens (tertiary/aromatic N) is 1. The van der Waals surface area contributed by atoms with E-state index in [0.717, 1.165) is 17.6 Å². The number of carbonyl (C=O) groups excluding carboxylic acids is 1. The number of phenolic OH excluding ortho intramolecular Hbond substituents is 1. The summed E-state index contributed by atoms with van der Waals surface area (Å²) in [6, 6.07) is 7.26. The van der Waals surface area contributed by atoms with Gasteiger partial charge in [0.05, 0.1) is 5.92 Å². The minimum atomic E-state index is -0.494. The molecule has 0 spiro atoms. The van der Waals surface area contributed by atoms with Gasteiger partial charge in [-0.15, -0.1) is 10.3 Å². The van der Waals surface area contributed by atoms with Crippen molar-refractivity contribution < 1.29 is 15.1 Å². The van der Waals surface area contributed by atoms with E-state index in [-0.39, 0.29) is 29.5 Å². The van der Waals surface area contributed by atoms with Crippen molar-refractivity contribution in [2.24, 2.45) is 11.8 Å². The molecule has 2 atom stereocenters. The number of phenols is 1. The standard InChI is InChI=1S/C24H37N2O3/c1-16(13-19-8-10-21(27)11-9-19)12-17(2)18(3)22(28)25-20-14-23(4,5)26(29)24(6,7)15-20/h8-12,16,18,20,27H,13-15H2,1-7H3,(H,25,28)/b17-12+/t16-,18+/m1/s1. The smallest absolute Gasteiger partial charge is 0.227 e. The molecule has 1 aromatic carbocycles. The monoisotopic (exact) mass is 401 g/mol. The molecule has 161 valence electrons. The van der Waals surface area contributed by atoms with Crippen LogP contribution in [0.4, 0.5) is 0 Å². The number of hydrogen-bond donors (Lipinski definition) is 2. The molecule has 1 heterocycles. The number of hydrogen-bond acceptors (Lipinski definition) is 3. The van der Waals surface area contributed by atoms with Crippen LogP contribution in [-0.2, 0) is 16.4 Å². The predicted molar refractivity (Wildman–Crippen MR) is 116 cm³/mol. The molecule has 1 saturated heterocycles. The summed E-state index contributed by atoms with van der Waals surface area (Å²) in [5.74, 6) is 0.365. The van der Waals surface area contributed by atoms with Gasteiger partial charge in [-0.2, -0.15) is 0 Å². The van der Waals surface area contributed by atoms with E-state index < -0.39 is 11.1 Å². The van der Waals surface area contributed by atoms with Gasteiger partial charge in [-0.3, -0.25) is 4.79 Å². The van der Waals surface area contributed by atoms with E-state index in [4.69, 9.17) is 0 Å². The van der Waals surface area contributed by atoms with Gasteiger partial charge in [0.1, 0.15) is 5.75 Å². The van der Waals surface area contributed by atoms with Crippen molar-refractivity contribution >= 4 is 5.91 Å². The van der Waals surface area contributed by atoms with E-state index >= 15 is 0 Å². The average molecular weight is 402 g/mol. The molecule has 5 heteroatoms. The van der Waals surface area contributed by atoms with Crippen molar-refractivity contribution in [3.63, 3.8) is 0 Å². The summed E-state index contributed by atoms with van der Waals surface area (Å²) in [5, 5.41) is 26.3. The quantitative estimate of drug-likeness (QED) is 0.682. The number of piperidine rings is 1. The summed E-state index contributed by atoms with van der Waals surface area (Å²) in [6.45, 7) is 13.9. The van der Waals surface area contributed by atoms with E-state index in [9.17, 15) is 15.1 Å². The van der Waals surface area contributed by atoms with Crippen LogP contribution in [0.1, 0.15) is 66.9 Å². The van der Waals surface area contributed by atoms with E-state index in [1.165, 1.54) is 5.06 Å². The Hall–Kier alpha value is -1.85. The second kappa shape index (κ2) is 8.88. The summed E-state index contributed by atoms with van der Waals surface area (Å²) in [4.78, 5) is 12.9. The molecule has 0 bridgehead atoms. The zero-order valence-electron chi connectivity index (χ0n) is 19.0. The lowest BCUT2D eigenvalue weighted by Gasteiger charge is -2.50. The number of benzene rings is 1. The summed E-state index contributed by atoms with van der Waals surface area (Å²) in [7, 11) is 0. The molecule has 0 saturated carbocycles.